The number of benzene rings is 1. The Kier molecular flexibility index (Phi) is 7.21. The molecule has 12 nitrogen and oxygen atoms in total. The first-order chi connectivity index (χ1) is 16.2. The summed E-state index contributed by atoms with van der Waals surface area (Å²) in [5, 5.41) is 21.8. The van der Waals surface area contributed by atoms with Gasteiger partial charge in [-0.25, -0.2) is 9.59 Å². The Hall–Kier alpha value is -4.74. The molecule has 0 N–H and O–H groups in total. The second-order valence-electron chi connectivity index (χ2n) is 7.14. The molecule has 0 fully saturated rings. The number of pyridine rings is 2. The minimum Gasteiger partial charge on any atom is -0.457 e. The highest BCUT2D eigenvalue weighted by Gasteiger charge is 2.18. The number of esters is 2. The number of hydrogen-bond donors (Lipinski definition) is 0. The van der Waals surface area contributed by atoms with Gasteiger partial charge < -0.3 is 9.47 Å². The van der Waals surface area contributed by atoms with Gasteiger partial charge in [0.1, 0.15) is 25.6 Å². The molecule has 0 aliphatic heterocycles. The lowest BCUT2D eigenvalue weighted by atomic mass is 10.1. The van der Waals surface area contributed by atoms with Gasteiger partial charge in [-0.05, 0) is 25.0 Å². The third-order valence-corrected chi connectivity index (χ3v) is 4.77. The van der Waals surface area contributed by atoms with Gasteiger partial charge in [-0.2, -0.15) is 0 Å². The van der Waals surface area contributed by atoms with E-state index in [2.05, 4.69) is 9.97 Å². The minimum atomic E-state index is -0.743. The van der Waals surface area contributed by atoms with Crippen LogP contribution < -0.4 is 0 Å². The Morgan fingerprint density at radius 3 is 1.44 bits per heavy atom. The fourth-order valence-electron chi connectivity index (χ4n) is 2.84. The smallest absolute Gasteiger partial charge is 0.340 e. The molecule has 0 radical (unpaired) electrons. The van der Waals surface area contributed by atoms with Crippen LogP contribution in [-0.2, 0) is 22.7 Å². The van der Waals surface area contributed by atoms with E-state index in [1.807, 2.05) is 0 Å². The van der Waals surface area contributed by atoms with E-state index < -0.39 is 21.8 Å². The Morgan fingerprint density at radius 2 is 1.12 bits per heavy atom. The summed E-state index contributed by atoms with van der Waals surface area (Å²) in [7, 11) is 0. The Morgan fingerprint density at radius 1 is 0.765 bits per heavy atom. The first-order valence-corrected chi connectivity index (χ1v) is 9.80. The number of nitro groups is 2. The number of carbonyl (C=O) groups is 2. The van der Waals surface area contributed by atoms with Crippen molar-refractivity contribution in [3.8, 4) is 0 Å². The number of nitrogens with zero attached hydrogens (tertiary/aromatic N) is 4. The average Bonchev–Trinajstić information content (AvgIpc) is 2.81. The predicted molar refractivity (Wildman–Crippen MR) is 116 cm³/mol. The molecule has 0 saturated heterocycles. The van der Waals surface area contributed by atoms with Crippen LogP contribution in [0, 0.1) is 34.1 Å². The Bertz CT molecular complexity index is 1180. The van der Waals surface area contributed by atoms with Crippen LogP contribution in [0.15, 0.2) is 48.8 Å². The van der Waals surface area contributed by atoms with Crippen molar-refractivity contribution >= 4 is 23.3 Å². The molecule has 34 heavy (non-hydrogen) atoms. The SMILES string of the molecule is Cc1ncc([N+](=O)[O-])cc1C(=O)OCc1ccc(COC(=O)c2cc([N+](=O)[O-])cnc2C)cc1. The van der Waals surface area contributed by atoms with Crippen molar-refractivity contribution in [2.75, 3.05) is 0 Å². The van der Waals surface area contributed by atoms with Crippen LogP contribution in [0.4, 0.5) is 11.4 Å². The molecule has 2 aromatic heterocycles. The lowest BCUT2D eigenvalue weighted by molar-refractivity contribution is -0.385. The largest absolute Gasteiger partial charge is 0.457 e. The summed E-state index contributed by atoms with van der Waals surface area (Å²) in [6.07, 6.45) is 2.13. The maximum atomic E-state index is 12.3. The topological polar surface area (TPSA) is 165 Å². The molecule has 0 atom stereocenters. The zero-order chi connectivity index (χ0) is 24.8. The lowest BCUT2D eigenvalue weighted by Gasteiger charge is -2.09. The van der Waals surface area contributed by atoms with Gasteiger partial charge in [0.25, 0.3) is 11.4 Å². The Labute approximate surface area is 192 Å². The molecular weight excluding hydrogens is 448 g/mol. The van der Waals surface area contributed by atoms with Gasteiger partial charge in [0.2, 0.25) is 0 Å². The molecule has 174 valence electrons. The average molecular weight is 466 g/mol. The number of aryl methyl sites for hydroxylation is 2. The van der Waals surface area contributed by atoms with Gasteiger partial charge >= 0.3 is 11.9 Å². The standard InChI is InChI=1S/C22H18N4O8/c1-13-19(7-17(9-23-13)25(29)30)21(27)33-11-15-3-5-16(6-4-15)12-34-22(28)20-8-18(26(31)32)10-24-14(20)2/h3-10H,11-12H2,1-2H3. The maximum absolute atomic E-state index is 12.3. The molecule has 0 bridgehead atoms. The van der Waals surface area contributed by atoms with E-state index in [-0.39, 0.29) is 35.7 Å². The van der Waals surface area contributed by atoms with Crippen LogP contribution in [0.25, 0.3) is 0 Å². The van der Waals surface area contributed by atoms with E-state index in [9.17, 15) is 29.8 Å². The predicted octanol–water partition coefficient (Wildman–Crippen LogP) is 3.62. The third kappa shape index (κ3) is 5.73. The maximum Gasteiger partial charge on any atom is 0.340 e. The number of rotatable bonds is 8. The fourth-order valence-corrected chi connectivity index (χ4v) is 2.84. The highest BCUT2D eigenvalue weighted by molar-refractivity contribution is 5.91. The molecular formula is C22H18N4O8. The van der Waals surface area contributed by atoms with Crippen molar-refractivity contribution in [1.29, 1.82) is 0 Å². The van der Waals surface area contributed by atoms with Crippen LogP contribution in [0.2, 0.25) is 0 Å². The van der Waals surface area contributed by atoms with Gasteiger partial charge in [0, 0.05) is 12.1 Å². The summed E-state index contributed by atoms with van der Waals surface area (Å²) >= 11 is 0. The van der Waals surface area contributed by atoms with Crippen LogP contribution in [-0.4, -0.2) is 31.8 Å². The quantitative estimate of drug-likeness (QED) is 0.272. The summed E-state index contributed by atoms with van der Waals surface area (Å²) in [6.45, 7) is 2.92. The van der Waals surface area contributed by atoms with Crippen molar-refractivity contribution in [2.24, 2.45) is 0 Å². The summed E-state index contributed by atoms with van der Waals surface area (Å²) in [4.78, 5) is 52.8. The van der Waals surface area contributed by atoms with Crippen LogP contribution in [0.5, 0.6) is 0 Å². The zero-order valence-corrected chi connectivity index (χ0v) is 18.1. The van der Waals surface area contributed by atoms with Gasteiger partial charge in [-0.1, -0.05) is 24.3 Å². The van der Waals surface area contributed by atoms with E-state index in [1.165, 1.54) is 0 Å². The molecule has 3 rings (SSSR count). The van der Waals surface area contributed by atoms with Crippen LogP contribution in [0.3, 0.4) is 0 Å². The van der Waals surface area contributed by atoms with Crippen LogP contribution in [0.1, 0.15) is 43.2 Å². The normalized spacial score (nSPS) is 10.4. The summed E-state index contributed by atoms with van der Waals surface area (Å²) in [5.41, 5.74) is 1.27. The number of aromatic nitrogens is 2. The molecule has 0 unspecified atom stereocenters. The lowest BCUT2D eigenvalue weighted by Crippen LogP contribution is -2.10. The van der Waals surface area contributed by atoms with E-state index in [4.69, 9.17) is 9.47 Å². The molecule has 0 amide bonds. The molecule has 0 aliphatic rings. The Balaban J connectivity index is 1.58. The zero-order valence-electron chi connectivity index (χ0n) is 18.1. The molecule has 12 heteroatoms. The van der Waals surface area contributed by atoms with Crippen molar-refractivity contribution in [2.45, 2.75) is 27.1 Å². The highest BCUT2D eigenvalue weighted by atomic mass is 16.6. The van der Waals surface area contributed by atoms with E-state index >= 15 is 0 Å². The van der Waals surface area contributed by atoms with E-state index in [0.29, 0.717) is 22.5 Å². The first kappa shape index (κ1) is 23.9. The third-order valence-electron chi connectivity index (χ3n) is 4.77. The molecule has 3 aromatic rings. The van der Waals surface area contributed by atoms with E-state index in [0.717, 1.165) is 24.5 Å². The fraction of sp³-hybridized carbons (Fsp3) is 0.182. The minimum absolute atomic E-state index is 0.00339. The van der Waals surface area contributed by atoms with E-state index in [1.54, 1.807) is 38.1 Å². The molecule has 0 saturated carbocycles. The second kappa shape index (κ2) is 10.3. The van der Waals surface area contributed by atoms with Gasteiger partial charge in [0.15, 0.2) is 0 Å². The van der Waals surface area contributed by atoms with Gasteiger partial charge in [-0.3, -0.25) is 30.2 Å². The van der Waals surface area contributed by atoms with Crippen molar-refractivity contribution in [3.05, 3.63) is 103 Å². The first-order valence-electron chi connectivity index (χ1n) is 9.80. The van der Waals surface area contributed by atoms with Crippen molar-refractivity contribution in [3.63, 3.8) is 0 Å². The van der Waals surface area contributed by atoms with Gasteiger partial charge in [0.05, 0.1) is 32.4 Å². The second-order valence-corrected chi connectivity index (χ2v) is 7.14. The van der Waals surface area contributed by atoms with Gasteiger partial charge in [-0.15, -0.1) is 0 Å². The molecule has 0 spiro atoms. The van der Waals surface area contributed by atoms with Crippen molar-refractivity contribution < 1.29 is 28.9 Å². The summed E-state index contributed by atoms with van der Waals surface area (Å²) < 4.78 is 10.4. The van der Waals surface area contributed by atoms with Crippen LogP contribution >= 0.6 is 0 Å². The molecule has 0 aliphatic carbocycles. The highest BCUT2D eigenvalue weighted by Crippen LogP contribution is 2.18. The molecule has 1 aromatic carbocycles. The monoisotopic (exact) mass is 466 g/mol. The number of carbonyl (C=O) groups excluding carboxylic acids is 2. The van der Waals surface area contributed by atoms with Crippen molar-refractivity contribution in [1.82, 2.24) is 9.97 Å². The molecule has 2 heterocycles. The summed E-state index contributed by atoms with van der Waals surface area (Å²) in [5.74, 6) is -1.49. The number of ether oxygens (including phenoxy) is 2. The number of hydrogen-bond acceptors (Lipinski definition) is 10. The summed E-state index contributed by atoms with van der Waals surface area (Å²) in [6, 6.07) is 8.87.